The molecule has 1 aromatic carbocycles. The van der Waals surface area contributed by atoms with E-state index >= 15 is 0 Å². The normalized spacial score (nSPS) is 19.8. The Morgan fingerprint density at radius 3 is 2.79 bits per heavy atom. The average Bonchev–Trinajstić information content (AvgIpc) is 3.26. The summed E-state index contributed by atoms with van der Waals surface area (Å²) in [7, 11) is 1.71. The molecule has 1 aromatic rings. The summed E-state index contributed by atoms with van der Waals surface area (Å²) >= 11 is 0. The summed E-state index contributed by atoms with van der Waals surface area (Å²) in [5.41, 5.74) is 1.21. The molecule has 29 heavy (non-hydrogen) atoms. The lowest BCUT2D eigenvalue weighted by Gasteiger charge is -2.37. The van der Waals surface area contributed by atoms with Crippen LogP contribution in [-0.4, -0.2) is 83.2 Å². The molecule has 2 aliphatic rings. The van der Waals surface area contributed by atoms with Crippen LogP contribution in [0.1, 0.15) is 19.8 Å². The second-order valence-corrected chi connectivity index (χ2v) is 7.12. The number of benzene rings is 1. The van der Waals surface area contributed by atoms with Crippen molar-refractivity contribution in [3.05, 3.63) is 24.3 Å². The summed E-state index contributed by atoms with van der Waals surface area (Å²) in [5, 5.41) is 3.41. The smallest absolute Gasteiger partial charge is 0.194 e. The molecule has 8 heteroatoms. The number of nitrogens with one attached hydrogen (secondary N) is 1. The summed E-state index contributed by atoms with van der Waals surface area (Å²) in [6, 6.07) is 8.27. The van der Waals surface area contributed by atoms with Gasteiger partial charge in [-0.25, -0.2) is 0 Å². The van der Waals surface area contributed by atoms with Crippen LogP contribution in [0.4, 0.5) is 5.69 Å². The summed E-state index contributed by atoms with van der Waals surface area (Å²) in [4.78, 5) is 9.48. The number of guanidine groups is 1. The number of hydrogen-bond donors (Lipinski definition) is 1. The first-order valence-electron chi connectivity index (χ1n) is 10.4. The lowest BCUT2D eigenvalue weighted by molar-refractivity contribution is 0.0199. The van der Waals surface area contributed by atoms with Crippen LogP contribution in [0.3, 0.4) is 0 Å². The molecule has 0 spiro atoms. The molecular formula is C21H35IN4O3. The Morgan fingerprint density at radius 2 is 2.10 bits per heavy atom. The van der Waals surface area contributed by atoms with E-state index in [1.54, 1.807) is 7.11 Å². The van der Waals surface area contributed by atoms with E-state index in [4.69, 9.17) is 19.2 Å². The van der Waals surface area contributed by atoms with E-state index < -0.39 is 0 Å². The maximum Gasteiger partial charge on any atom is 0.194 e. The predicted octanol–water partition coefficient (Wildman–Crippen LogP) is 2.60. The fourth-order valence-electron chi connectivity index (χ4n) is 3.62. The SMILES string of the molecule is CCNC(=NCCOCC1CCCO1)N1CCN(c2cccc(OC)c2)CC1.I. The number of piperazine rings is 1. The fraction of sp³-hybridized carbons (Fsp3) is 0.667. The first kappa shape index (κ1) is 24.0. The Hall–Kier alpha value is -1.26. The van der Waals surface area contributed by atoms with Gasteiger partial charge in [0.2, 0.25) is 0 Å². The molecule has 0 aromatic heterocycles. The molecule has 7 nitrogen and oxygen atoms in total. The van der Waals surface area contributed by atoms with Crippen molar-refractivity contribution < 1.29 is 14.2 Å². The van der Waals surface area contributed by atoms with Crippen molar-refractivity contribution in [3.8, 4) is 5.75 Å². The molecule has 0 saturated carbocycles. The molecule has 2 saturated heterocycles. The highest BCUT2D eigenvalue weighted by Crippen LogP contribution is 2.22. The number of anilines is 1. The molecule has 0 radical (unpaired) electrons. The minimum atomic E-state index is 0. The monoisotopic (exact) mass is 518 g/mol. The molecule has 2 heterocycles. The largest absolute Gasteiger partial charge is 0.497 e. The van der Waals surface area contributed by atoms with E-state index in [-0.39, 0.29) is 30.1 Å². The van der Waals surface area contributed by atoms with Crippen molar-refractivity contribution in [1.82, 2.24) is 10.2 Å². The van der Waals surface area contributed by atoms with Crippen LogP contribution in [0.15, 0.2) is 29.3 Å². The Morgan fingerprint density at radius 1 is 1.28 bits per heavy atom. The maximum atomic E-state index is 5.73. The molecular weight excluding hydrogens is 483 g/mol. The molecule has 0 bridgehead atoms. The van der Waals surface area contributed by atoms with Crippen molar-refractivity contribution >= 4 is 35.6 Å². The van der Waals surface area contributed by atoms with Crippen LogP contribution in [0.2, 0.25) is 0 Å². The van der Waals surface area contributed by atoms with Crippen LogP contribution < -0.4 is 15.0 Å². The van der Waals surface area contributed by atoms with Gasteiger partial charge >= 0.3 is 0 Å². The van der Waals surface area contributed by atoms with E-state index in [1.165, 1.54) is 5.69 Å². The lowest BCUT2D eigenvalue weighted by Crippen LogP contribution is -2.52. The van der Waals surface area contributed by atoms with E-state index in [0.29, 0.717) is 19.8 Å². The highest BCUT2D eigenvalue weighted by atomic mass is 127. The molecule has 0 amide bonds. The van der Waals surface area contributed by atoms with Gasteiger partial charge in [0.1, 0.15) is 5.75 Å². The molecule has 3 rings (SSSR count). The van der Waals surface area contributed by atoms with Gasteiger partial charge in [-0.2, -0.15) is 0 Å². The predicted molar refractivity (Wildman–Crippen MR) is 128 cm³/mol. The van der Waals surface area contributed by atoms with Gasteiger partial charge in [-0.05, 0) is 31.9 Å². The minimum Gasteiger partial charge on any atom is -0.497 e. The highest BCUT2D eigenvalue weighted by molar-refractivity contribution is 14.0. The molecule has 0 aliphatic carbocycles. The second-order valence-electron chi connectivity index (χ2n) is 7.12. The van der Waals surface area contributed by atoms with Crippen LogP contribution >= 0.6 is 24.0 Å². The van der Waals surface area contributed by atoms with Crippen LogP contribution in [0, 0.1) is 0 Å². The topological polar surface area (TPSA) is 58.6 Å². The molecule has 1 atom stereocenters. The van der Waals surface area contributed by atoms with E-state index in [0.717, 1.165) is 63.9 Å². The Balaban J connectivity index is 0.00000300. The third kappa shape index (κ3) is 7.49. The quantitative estimate of drug-likeness (QED) is 0.247. The molecule has 164 valence electrons. The Labute approximate surface area is 191 Å². The summed E-state index contributed by atoms with van der Waals surface area (Å²) in [6.45, 7) is 9.66. The van der Waals surface area contributed by atoms with Gasteiger partial charge in [0.05, 0.1) is 33.0 Å². The van der Waals surface area contributed by atoms with Crippen LogP contribution in [0.5, 0.6) is 5.75 Å². The molecule has 2 fully saturated rings. The zero-order chi connectivity index (χ0) is 19.6. The number of nitrogens with zero attached hydrogens (tertiary/aromatic N) is 3. The minimum absolute atomic E-state index is 0. The standard InChI is InChI=1S/C21H34N4O3.HI/c1-3-22-21(23-9-15-27-17-20-8-5-14-28-20)25-12-10-24(11-13-25)18-6-4-7-19(16-18)26-2;/h4,6-7,16,20H,3,5,8-15,17H2,1-2H3,(H,22,23);1H. The van der Waals surface area contributed by atoms with Crippen molar-refractivity contribution in [3.63, 3.8) is 0 Å². The number of ether oxygens (including phenoxy) is 3. The highest BCUT2D eigenvalue weighted by Gasteiger charge is 2.20. The van der Waals surface area contributed by atoms with Gasteiger partial charge < -0.3 is 29.3 Å². The molecule has 1 N–H and O–H groups in total. The van der Waals surface area contributed by atoms with Gasteiger partial charge in [0, 0.05) is 51.1 Å². The van der Waals surface area contributed by atoms with Crippen molar-refractivity contribution in [2.45, 2.75) is 25.9 Å². The second kappa shape index (κ2) is 13.1. The van der Waals surface area contributed by atoms with Crippen LogP contribution in [-0.2, 0) is 9.47 Å². The van der Waals surface area contributed by atoms with Crippen molar-refractivity contribution in [2.24, 2.45) is 4.99 Å². The summed E-state index contributed by atoms with van der Waals surface area (Å²) < 4.78 is 16.7. The van der Waals surface area contributed by atoms with Gasteiger partial charge in [-0.3, -0.25) is 4.99 Å². The zero-order valence-corrected chi connectivity index (χ0v) is 20.0. The number of hydrogen-bond acceptors (Lipinski definition) is 5. The van der Waals surface area contributed by atoms with E-state index in [2.05, 4.69) is 34.2 Å². The number of aliphatic imine (C=N–C) groups is 1. The van der Waals surface area contributed by atoms with E-state index in [1.807, 2.05) is 12.1 Å². The summed E-state index contributed by atoms with van der Waals surface area (Å²) in [5.74, 6) is 1.88. The van der Waals surface area contributed by atoms with Gasteiger partial charge in [0.15, 0.2) is 5.96 Å². The molecule has 2 aliphatic heterocycles. The number of halogens is 1. The summed E-state index contributed by atoms with van der Waals surface area (Å²) in [6.07, 6.45) is 2.55. The first-order valence-corrected chi connectivity index (χ1v) is 10.4. The van der Waals surface area contributed by atoms with Gasteiger partial charge in [0.25, 0.3) is 0 Å². The van der Waals surface area contributed by atoms with Gasteiger partial charge in [-0.15, -0.1) is 24.0 Å². The van der Waals surface area contributed by atoms with Gasteiger partial charge in [-0.1, -0.05) is 6.07 Å². The average molecular weight is 518 g/mol. The van der Waals surface area contributed by atoms with E-state index in [9.17, 15) is 0 Å². The zero-order valence-electron chi connectivity index (χ0n) is 17.6. The van der Waals surface area contributed by atoms with Crippen LogP contribution in [0.25, 0.3) is 0 Å². The molecule has 1 unspecified atom stereocenters. The number of methoxy groups -OCH3 is 1. The Kier molecular flexibility index (Phi) is 10.9. The number of rotatable bonds is 8. The third-order valence-corrected chi connectivity index (χ3v) is 5.16. The maximum absolute atomic E-state index is 5.73. The lowest BCUT2D eigenvalue weighted by atomic mass is 10.2. The first-order chi connectivity index (χ1) is 13.8. The fourth-order valence-corrected chi connectivity index (χ4v) is 3.62. The third-order valence-electron chi connectivity index (χ3n) is 5.16. The van der Waals surface area contributed by atoms with Crippen molar-refractivity contribution in [1.29, 1.82) is 0 Å². The Bertz CT molecular complexity index is 618. The van der Waals surface area contributed by atoms with Crippen molar-refractivity contribution in [2.75, 3.05) is 71.1 Å².